The van der Waals surface area contributed by atoms with Crippen molar-refractivity contribution in [2.75, 3.05) is 13.2 Å². The molecule has 1 aliphatic rings. The highest BCUT2D eigenvalue weighted by atomic mass is 16.4. The van der Waals surface area contributed by atoms with Gasteiger partial charge in [0, 0.05) is 12.6 Å². The first-order valence-corrected chi connectivity index (χ1v) is 6.07. The Morgan fingerprint density at radius 1 is 1.42 bits per heavy atom. The van der Waals surface area contributed by atoms with Crippen molar-refractivity contribution in [3.8, 4) is 0 Å². The van der Waals surface area contributed by atoms with E-state index < -0.39 is 36.5 Å². The number of nitrogens with one attached hydrogen (secondary N) is 1. The minimum atomic E-state index is -1.35. The van der Waals surface area contributed by atoms with Crippen molar-refractivity contribution in [3.05, 3.63) is 0 Å². The predicted molar refractivity (Wildman–Crippen MR) is 65.1 cm³/mol. The Bertz CT molecular complexity index is 373. The quantitative estimate of drug-likeness (QED) is 0.506. The number of aliphatic carboxylic acids is 1. The molecule has 1 aliphatic heterocycles. The zero-order valence-electron chi connectivity index (χ0n) is 10.7. The normalized spacial score (nSPS) is 24.6. The first kappa shape index (κ1) is 15.2. The van der Waals surface area contributed by atoms with E-state index in [4.69, 9.17) is 15.9 Å². The van der Waals surface area contributed by atoms with Gasteiger partial charge in [-0.15, -0.1) is 0 Å². The van der Waals surface area contributed by atoms with Crippen LogP contribution in [0.3, 0.4) is 0 Å². The largest absolute Gasteiger partial charge is 0.480 e. The van der Waals surface area contributed by atoms with E-state index in [2.05, 4.69) is 5.32 Å². The standard InChI is InChI=1S/C11H19N3O5/c1-6-2-3-7(9(12)16)4-14(6)11(19)13-8(5-15)10(17)18/h6-8,15H,2-5H2,1H3,(H2,12,16)(H,13,19)(H,17,18)/t6?,7?,8-/m1/s1. The highest BCUT2D eigenvalue weighted by molar-refractivity contribution is 5.84. The monoisotopic (exact) mass is 273 g/mol. The van der Waals surface area contributed by atoms with Crippen LogP contribution in [0.5, 0.6) is 0 Å². The average Bonchev–Trinajstić information content (AvgIpc) is 2.35. The summed E-state index contributed by atoms with van der Waals surface area (Å²) in [6.07, 6.45) is 1.24. The number of hydrogen-bond donors (Lipinski definition) is 4. The lowest BCUT2D eigenvalue weighted by molar-refractivity contribution is -0.140. The van der Waals surface area contributed by atoms with E-state index in [0.717, 1.165) is 0 Å². The molecule has 3 amide bonds. The Morgan fingerprint density at radius 3 is 2.53 bits per heavy atom. The Balaban J connectivity index is 2.68. The molecule has 1 rings (SSSR count). The van der Waals surface area contributed by atoms with Crippen molar-refractivity contribution in [2.45, 2.75) is 31.8 Å². The summed E-state index contributed by atoms with van der Waals surface area (Å²) >= 11 is 0. The molecule has 0 radical (unpaired) electrons. The molecule has 0 aromatic heterocycles. The second-order valence-electron chi connectivity index (χ2n) is 4.70. The summed E-state index contributed by atoms with van der Waals surface area (Å²) in [5.41, 5.74) is 5.22. The third kappa shape index (κ3) is 3.82. The summed E-state index contributed by atoms with van der Waals surface area (Å²) in [7, 11) is 0. The van der Waals surface area contributed by atoms with Crippen LogP contribution in [-0.2, 0) is 9.59 Å². The summed E-state index contributed by atoms with van der Waals surface area (Å²) in [6, 6.07) is -2.07. The molecule has 1 heterocycles. The van der Waals surface area contributed by atoms with Crippen molar-refractivity contribution < 1.29 is 24.6 Å². The molecule has 3 atom stereocenters. The Labute approximate surface area is 110 Å². The number of urea groups is 1. The molecule has 1 fully saturated rings. The van der Waals surface area contributed by atoms with Crippen LogP contribution in [0.2, 0.25) is 0 Å². The van der Waals surface area contributed by atoms with Crippen LogP contribution in [0, 0.1) is 5.92 Å². The van der Waals surface area contributed by atoms with E-state index in [0.29, 0.717) is 12.8 Å². The predicted octanol–water partition coefficient (Wildman–Crippen LogP) is -1.27. The lowest BCUT2D eigenvalue weighted by atomic mass is 9.93. The molecule has 0 saturated carbocycles. The highest BCUT2D eigenvalue weighted by Crippen LogP contribution is 2.21. The number of hydrogen-bond acceptors (Lipinski definition) is 4. The van der Waals surface area contributed by atoms with E-state index >= 15 is 0 Å². The molecule has 1 saturated heterocycles. The van der Waals surface area contributed by atoms with Gasteiger partial charge in [0.2, 0.25) is 5.91 Å². The maximum atomic E-state index is 11.9. The van der Waals surface area contributed by atoms with Gasteiger partial charge in [0.25, 0.3) is 0 Å². The molecule has 19 heavy (non-hydrogen) atoms. The fourth-order valence-corrected chi connectivity index (χ4v) is 2.04. The zero-order chi connectivity index (χ0) is 14.6. The molecule has 5 N–H and O–H groups in total. The number of aliphatic hydroxyl groups excluding tert-OH is 1. The zero-order valence-corrected chi connectivity index (χ0v) is 10.7. The molecular weight excluding hydrogens is 254 g/mol. The van der Waals surface area contributed by atoms with Gasteiger partial charge in [0.1, 0.15) is 0 Å². The number of amides is 3. The number of aliphatic hydroxyl groups is 1. The Morgan fingerprint density at radius 2 is 2.05 bits per heavy atom. The lowest BCUT2D eigenvalue weighted by Crippen LogP contribution is -2.55. The van der Waals surface area contributed by atoms with Gasteiger partial charge in [-0.2, -0.15) is 0 Å². The number of carbonyl (C=O) groups is 3. The van der Waals surface area contributed by atoms with E-state index in [-0.39, 0.29) is 12.6 Å². The third-order valence-electron chi connectivity index (χ3n) is 3.32. The van der Waals surface area contributed by atoms with E-state index in [1.807, 2.05) is 6.92 Å². The topological polar surface area (TPSA) is 133 Å². The van der Waals surface area contributed by atoms with Crippen LogP contribution < -0.4 is 11.1 Å². The van der Waals surface area contributed by atoms with Crippen molar-refractivity contribution in [2.24, 2.45) is 11.7 Å². The van der Waals surface area contributed by atoms with Gasteiger partial charge in [-0.25, -0.2) is 9.59 Å². The lowest BCUT2D eigenvalue weighted by Gasteiger charge is -2.37. The van der Waals surface area contributed by atoms with Crippen molar-refractivity contribution >= 4 is 17.9 Å². The van der Waals surface area contributed by atoms with E-state index in [9.17, 15) is 14.4 Å². The summed E-state index contributed by atoms with van der Waals surface area (Å²) in [5.74, 6) is -2.20. The van der Waals surface area contributed by atoms with Gasteiger partial charge in [-0.05, 0) is 19.8 Å². The molecule has 0 bridgehead atoms. The SMILES string of the molecule is CC1CCC(C(N)=O)CN1C(=O)N[C@H](CO)C(=O)O. The fraction of sp³-hybridized carbons (Fsp3) is 0.727. The second-order valence-corrected chi connectivity index (χ2v) is 4.70. The molecule has 0 aliphatic carbocycles. The van der Waals surface area contributed by atoms with Gasteiger partial charge < -0.3 is 26.2 Å². The fourth-order valence-electron chi connectivity index (χ4n) is 2.04. The summed E-state index contributed by atoms with van der Waals surface area (Å²) in [4.78, 5) is 35.2. The van der Waals surface area contributed by atoms with Gasteiger partial charge in [0.05, 0.1) is 12.5 Å². The minimum absolute atomic E-state index is 0.108. The number of rotatable bonds is 4. The smallest absolute Gasteiger partial charge is 0.328 e. The third-order valence-corrected chi connectivity index (χ3v) is 3.32. The highest BCUT2D eigenvalue weighted by Gasteiger charge is 2.33. The van der Waals surface area contributed by atoms with Gasteiger partial charge in [-0.1, -0.05) is 0 Å². The van der Waals surface area contributed by atoms with Gasteiger partial charge in [-0.3, -0.25) is 4.79 Å². The number of nitrogens with two attached hydrogens (primary N) is 1. The number of primary amides is 1. The van der Waals surface area contributed by atoms with Crippen molar-refractivity contribution in [1.29, 1.82) is 0 Å². The van der Waals surface area contributed by atoms with Crippen LogP contribution in [0.25, 0.3) is 0 Å². The molecule has 0 spiro atoms. The van der Waals surface area contributed by atoms with E-state index in [1.54, 1.807) is 0 Å². The molecule has 8 nitrogen and oxygen atoms in total. The molecule has 8 heteroatoms. The second kappa shape index (κ2) is 6.37. The summed E-state index contributed by atoms with van der Waals surface area (Å²) in [5, 5.41) is 19.8. The number of carbonyl (C=O) groups excluding carboxylic acids is 2. The number of nitrogens with zero attached hydrogens (tertiary/aromatic N) is 1. The van der Waals surface area contributed by atoms with Crippen LogP contribution in [0.1, 0.15) is 19.8 Å². The van der Waals surface area contributed by atoms with Crippen molar-refractivity contribution in [1.82, 2.24) is 10.2 Å². The Hall–Kier alpha value is -1.83. The molecule has 2 unspecified atom stereocenters. The molecule has 108 valence electrons. The van der Waals surface area contributed by atoms with Crippen LogP contribution >= 0.6 is 0 Å². The van der Waals surface area contributed by atoms with Gasteiger partial charge >= 0.3 is 12.0 Å². The van der Waals surface area contributed by atoms with Crippen LogP contribution in [0.15, 0.2) is 0 Å². The maximum Gasteiger partial charge on any atom is 0.328 e. The molecule has 0 aromatic carbocycles. The average molecular weight is 273 g/mol. The van der Waals surface area contributed by atoms with E-state index in [1.165, 1.54) is 4.90 Å². The van der Waals surface area contributed by atoms with Crippen LogP contribution in [0.4, 0.5) is 4.79 Å². The van der Waals surface area contributed by atoms with Gasteiger partial charge in [0.15, 0.2) is 6.04 Å². The van der Waals surface area contributed by atoms with Crippen molar-refractivity contribution in [3.63, 3.8) is 0 Å². The summed E-state index contributed by atoms with van der Waals surface area (Å²) in [6.45, 7) is 1.29. The number of likely N-dealkylation sites (tertiary alicyclic amines) is 1. The molecule has 0 aromatic rings. The number of piperidine rings is 1. The first-order chi connectivity index (χ1) is 8.86. The number of carboxylic acids is 1. The maximum absolute atomic E-state index is 11.9. The first-order valence-electron chi connectivity index (χ1n) is 6.07. The minimum Gasteiger partial charge on any atom is -0.480 e. The number of carboxylic acid groups (broad SMARTS) is 1. The van der Waals surface area contributed by atoms with Crippen LogP contribution in [-0.4, -0.2) is 58.3 Å². The summed E-state index contributed by atoms with van der Waals surface area (Å²) < 4.78 is 0. The molecular formula is C11H19N3O5. The Kier molecular flexibility index (Phi) is 5.11.